The van der Waals surface area contributed by atoms with Crippen molar-refractivity contribution in [1.82, 2.24) is 15.0 Å². The molecule has 0 amide bonds. The van der Waals surface area contributed by atoms with Crippen LogP contribution in [0.1, 0.15) is 29.0 Å². The van der Waals surface area contributed by atoms with Crippen LogP contribution in [-0.2, 0) is 6.42 Å². The fraction of sp³-hybridized carbons (Fsp3) is 0.0600. The van der Waals surface area contributed by atoms with Crippen molar-refractivity contribution in [1.29, 1.82) is 0 Å². The second kappa shape index (κ2) is 12.4. The molecule has 2 aromatic heterocycles. The lowest BCUT2D eigenvalue weighted by Crippen LogP contribution is -2.08. The van der Waals surface area contributed by atoms with Crippen LogP contribution in [0.2, 0.25) is 0 Å². The van der Waals surface area contributed by atoms with Gasteiger partial charge in [-0.05, 0) is 86.5 Å². The van der Waals surface area contributed by atoms with Crippen LogP contribution >= 0.6 is 0 Å². The molecule has 1 aliphatic rings. The molecule has 0 spiro atoms. The predicted molar refractivity (Wildman–Crippen MR) is 220 cm³/mol. The Balaban J connectivity index is 1.21. The summed E-state index contributed by atoms with van der Waals surface area (Å²) >= 11 is 0. The zero-order valence-corrected chi connectivity index (χ0v) is 29.4. The molecular formula is C50H33N3O. The largest absolute Gasteiger partial charge is 0.456 e. The summed E-state index contributed by atoms with van der Waals surface area (Å²) in [7, 11) is 0. The molecule has 0 bridgehead atoms. The Morgan fingerprint density at radius 1 is 0.444 bits per heavy atom. The summed E-state index contributed by atoms with van der Waals surface area (Å²) in [6, 6.07) is 60.1. The molecule has 11 rings (SSSR count). The van der Waals surface area contributed by atoms with Gasteiger partial charge in [0.2, 0.25) is 0 Å². The van der Waals surface area contributed by atoms with Crippen LogP contribution in [0.3, 0.4) is 0 Å². The van der Waals surface area contributed by atoms with E-state index in [1.807, 2.05) is 24.3 Å². The SMILES string of the molecule is c1ccc(-c2nc(-c3ccc4oc5ccccc5c4c3[C@H]3CCc4cc5ccccc5cc4-c4ccccc43)nc(-c3cccc4ccccc34)n2)cc1. The van der Waals surface area contributed by atoms with Crippen molar-refractivity contribution < 1.29 is 4.42 Å². The van der Waals surface area contributed by atoms with Gasteiger partial charge in [0.1, 0.15) is 11.2 Å². The smallest absolute Gasteiger partial charge is 0.164 e. The third kappa shape index (κ3) is 4.95. The summed E-state index contributed by atoms with van der Waals surface area (Å²) in [6.45, 7) is 0. The van der Waals surface area contributed by atoms with Crippen molar-refractivity contribution in [2.75, 3.05) is 0 Å². The van der Waals surface area contributed by atoms with Gasteiger partial charge in [0.15, 0.2) is 17.5 Å². The minimum absolute atomic E-state index is 0.0364. The minimum atomic E-state index is 0.0364. The van der Waals surface area contributed by atoms with Crippen LogP contribution in [0.15, 0.2) is 174 Å². The number of aromatic nitrogens is 3. The first-order valence-corrected chi connectivity index (χ1v) is 18.6. The van der Waals surface area contributed by atoms with Crippen LogP contribution in [-0.4, -0.2) is 15.0 Å². The van der Waals surface area contributed by atoms with Crippen LogP contribution in [0.4, 0.5) is 0 Å². The molecule has 8 aromatic carbocycles. The average Bonchev–Trinajstić information content (AvgIpc) is 3.54. The lowest BCUT2D eigenvalue weighted by atomic mass is 9.81. The Morgan fingerprint density at radius 2 is 1.09 bits per heavy atom. The van der Waals surface area contributed by atoms with E-state index in [1.54, 1.807) is 0 Å². The fourth-order valence-electron chi connectivity index (χ4n) is 8.70. The number of aryl methyl sites for hydroxylation is 1. The standard InChI is InChI=1S/C50H33N3O/c1-2-14-32(15-3-1)48-51-49(40-23-12-18-31-13-6-7-19-36(31)40)53-50(52-48)42-27-28-45-47(41-22-10-11-24-44(41)54-45)46(42)39-26-25-35-29-33-16-4-5-17-34(33)30-43(35)38-21-9-8-20-37(38)39/h1-24,27-30,39H,25-26H2/t39-/m0/s1. The second-order valence-corrected chi connectivity index (χ2v) is 14.2. The van der Waals surface area contributed by atoms with E-state index in [-0.39, 0.29) is 5.92 Å². The maximum atomic E-state index is 6.59. The average molecular weight is 692 g/mol. The molecule has 1 aliphatic carbocycles. The van der Waals surface area contributed by atoms with Gasteiger partial charge >= 0.3 is 0 Å². The number of furan rings is 1. The van der Waals surface area contributed by atoms with E-state index in [1.165, 1.54) is 38.6 Å². The van der Waals surface area contributed by atoms with Gasteiger partial charge in [-0.1, -0.05) is 146 Å². The quantitative estimate of drug-likeness (QED) is 0.184. The highest BCUT2D eigenvalue weighted by atomic mass is 16.3. The van der Waals surface area contributed by atoms with E-state index in [4.69, 9.17) is 19.4 Å². The Kier molecular flexibility index (Phi) is 7.02. The van der Waals surface area contributed by atoms with E-state index in [0.29, 0.717) is 17.5 Å². The molecule has 0 fully saturated rings. The maximum Gasteiger partial charge on any atom is 0.164 e. The fourth-order valence-corrected chi connectivity index (χ4v) is 8.70. The summed E-state index contributed by atoms with van der Waals surface area (Å²) in [6.07, 6.45) is 1.85. The van der Waals surface area contributed by atoms with E-state index in [9.17, 15) is 0 Å². The molecule has 1 atom stereocenters. The zero-order chi connectivity index (χ0) is 35.6. The molecule has 10 aromatic rings. The first-order chi connectivity index (χ1) is 26.8. The molecule has 54 heavy (non-hydrogen) atoms. The van der Waals surface area contributed by atoms with Crippen molar-refractivity contribution in [3.63, 3.8) is 0 Å². The van der Waals surface area contributed by atoms with Gasteiger partial charge in [-0.15, -0.1) is 0 Å². The monoisotopic (exact) mass is 691 g/mol. The highest BCUT2D eigenvalue weighted by molar-refractivity contribution is 6.09. The lowest BCUT2D eigenvalue weighted by molar-refractivity contribution is 0.667. The van der Waals surface area contributed by atoms with Gasteiger partial charge in [-0.3, -0.25) is 0 Å². The predicted octanol–water partition coefficient (Wildman–Crippen LogP) is 12.8. The minimum Gasteiger partial charge on any atom is -0.456 e. The lowest BCUT2D eigenvalue weighted by Gasteiger charge is -2.23. The van der Waals surface area contributed by atoms with Gasteiger partial charge in [-0.2, -0.15) is 0 Å². The molecule has 0 saturated carbocycles. The third-order valence-electron chi connectivity index (χ3n) is 11.2. The molecule has 4 heteroatoms. The number of benzene rings is 8. The van der Waals surface area contributed by atoms with E-state index < -0.39 is 0 Å². The molecule has 0 unspecified atom stereocenters. The normalized spacial score (nSPS) is 14.0. The van der Waals surface area contributed by atoms with E-state index in [2.05, 4.69) is 146 Å². The number of fused-ring (bicyclic) bond motifs is 8. The van der Waals surface area contributed by atoms with E-state index >= 15 is 0 Å². The van der Waals surface area contributed by atoms with Crippen molar-refractivity contribution in [3.05, 3.63) is 187 Å². The van der Waals surface area contributed by atoms with Gasteiger partial charge in [0.25, 0.3) is 0 Å². The van der Waals surface area contributed by atoms with Crippen LogP contribution in [0, 0.1) is 0 Å². The molecule has 0 saturated heterocycles. The highest BCUT2D eigenvalue weighted by Gasteiger charge is 2.30. The van der Waals surface area contributed by atoms with Crippen LogP contribution < -0.4 is 0 Å². The first-order valence-electron chi connectivity index (χ1n) is 18.6. The van der Waals surface area contributed by atoms with Crippen molar-refractivity contribution in [2.24, 2.45) is 0 Å². The Hall–Kier alpha value is -6.91. The summed E-state index contributed by atoms with van der Waals surface area (Å²) < 4.78 is 6.59. The molecule has 0 aliphatic heterocycles. The summed E-state index contributed by atoms with van der Waals surface area (Å²) in [5.74, 6) is 1.99. The number of hydrogen-bond donors (Lipinski definition) is 0. The van der Waals surface area contributed by atoms with Crippen LogP contribution in [0.25, 0.3) is 88.8 Å². The second-order valence-electron chi connectivity index (χ2n) is 14.2. The van der Waals surface area contributed by atoms with Gasteiger partial charge in [-0.25, -0.2) is 15.0 Å². The Labute approximate surface area is 312 Å². The first kappa shape index (κ1) is 30.7. The number of nitrogens with zero attached hydrogens (tertiary/aromatic N) is 3. The van der Waals surface area contributed by atoms with Gasteiger partial charge in [0, 0.05) is 33.4 Å². The Morgan fingerprint density at radius 3 is 1.96 bits per heavy atom. The number of hydrogen-bond acceptors (Lipinski definition) is 4. The molecular weight excluding hydrogens is 659 g/mol. The molecule has 2 heterocycles. The van der Waals surface area contributed by atoms with Crippen LogP contribution in [0.5, 0.6) is 0 Å². The van der Waals surface area contributed by atoms with Crippen molar-refractivity contribution in [2.45, 2.75) is 18.8 Å². The molecule has 0 N–H and O–H groups in total. The van der Waals surface area contributed by atoms with Gasteiger partial charge in [0.05, 0.1) is 0 Å². The molecule has 0 radical (unpaired) electrons. The number of para-hydroxylation sites is 1. The summed E-state index contributed by atoms with van der Waals surface area (Å²) in [5, 5.41) is 7.00. The van der Waals surface area contributed by atoms with E-state index in [0.717, 1.165) is 62.2 Å². The topological polar surface area (TPSA) is 51.8 Å². The van der Waals surface area contributed by atoms with Crippen molar-refractivity contribution in [3.8, 4) is 45.3 Å². The highest BCUT2D eigenvalue weighted by Crippen LogP contribution is 2.49. The van der Waals surface area contributed by atoms with Crippen molar-refractivity contribution >= 4 is 43.5 Å². The summed E-state index contributed by atoms with van der Waals surface area (Å²) in [4.78, 5) is 15.8. The maximum absolute atomic E-state index is 6.59. The van der Waals surface area contributed by atoms with Gasteiger partial charge < -0.3 is 4.42 Å². The molecule has 254 valence electrons. The molecule has 4 nitrogen and oxygen atoms in total. The Bertz CT molecular complexity index is 3070. The number of rotatable bonds is 4. The third-order valence-corrected chi connectivity index (χ3v) is 11.2. The summed E-state index contributed by atoms with van der Waals surface area (Å²) in [5.41, 5.74) is 11.1. The zero-order valence-electron chi connectivity index (χ0n) is 29.4.